The van der Waals surface area contributed by atoms with Gasteiger partial charge in [0.1, 0.15) is 5.75 Å². The summed E-state index contributed by atoms with van der Waals surface area (Å²) in [5.41, 5.74) is 5.81. The van der Waals surface area contributed by atoms with Crippen molar-refractivity contribution in [3.63, 3.8) is 0 Å². The first-order valence-corrected chi connectivity index (χ1v) is 6.87. The van der Waals surface area contributed by atoms with Crippen molar-refractivity contribution in [2.75, 3.05) is 6.54 Å². The molecule has 0 aromatic heterocycles. The number of amides is 1. The Kier molecular flexibility index (Phi) is 5.98. The Labute approximate surface area is 119 Å². The van der Waals surface area contributed by atoms with Crippen LogP contribution in [0.3, 0.4) is 0 Å². The highest BCUT2D eigenvalue weighted by Crippen LogP contribution is 2.12. The predicted molar refractivity (Wildman–Crippen MR) is 78.3 cm³/mol. The first-order valence-electron chi connectivity index (χ1n) is 6.87. The van der Waals surface area contributed by atoms with E-state index in [2.05, 4.69) is 5.32 Å². The molecule has 0 aliphatic carbocycles. The van der Waals surface area contributed by atoms with Crippen LogP contribution in [-0.4, -0.2) is 34.3 Å². The lowest BCUT2D eigenvalue weighted by molar-refractivity contribution is -0.123. The molecule has 0 fully saturated rings. The summed E-state index contributed by atoms with van der Waals surface area (Å²) < 4.78 is 0. The molecule has 5 heteroatoms. The summed E-state index contributed by atoms with van der Waals surface area (Å²) in [4.78, 5) is 11.9. The van der Waals surface area contributed by atoms with Gasteiger partial charge in [-0.2, -0.15) is 0 Å². The van der Waals surface area contributed by atoms with Crippen molar-refractivity contribution in [3.05, 3.63) is 29.8 Å². The number of hydrogen-bond donors (Lipinski definition) is 4. The molecule has 0 saturated heterocycles. The molecule has 0 heterocycles. The number of carbonyl (C=O) groups is 1. The molecular formula is C15H24N2O3. The summed E-state index contributed by atoms with van der Waals surface area (Å²) >= 11 is 0. The van der Waals surface area contributed by atoms with E-state index in [9.17, 15) is 15.0 Å². The average molecular weight is 280 g/mol. The van der Waals surface area contributed by atoms with Gasteiger partial charge in [-0.25, -0.2) is 0 Å². The van der Waals surface area contributed by atoms with Gasteiger partial charge in [0.15, 0.2) is 0 Å². The first-order chi connectivity index (χ1) is 9.34. The fraction of sp³-hybridized carbons (Fsp3) is 0.533. The van der Waals surface area contributed by atoms with Crippen molar-refractivity contribution >= 4 is 5.91 Å². The van der Waals surface area contributed by atoms with Crippen LogP contribution in [0.25, 0.3) is 0 Å². The van der Waals surface area contributed by atoms with Crippen LogP contribution in [0.5, 0.6) is 5.75 Å². The minimum absolute atomic E-state index is 0.183. The number of phenols is 1. The Morgan fingerprint density at radius 3 is 2.55 bits per heavy atom. The van der Waals surface area contributed by atoms with Gasteiger partial charge >= 0.3 is 0 Å². The average Bonchev–Trinajstić information content (AvgIpc) is 2.38. The molecule has 5 N–H and O–H groups in total. The lowest BCUT2D eigenvalue weighted by Gasteiger charge is -2.24. The van der Waals surface area contributed by atoms with E-state index in [1.807, 2.05) is 6.92 Å². The number of hydrogen-bond acceptors (Lipinski definition) is 4. The van der Waals surface area contributed by atoms with Crippen molar-refractivity contribution in [3.8, 4) is 5.75 Å². The third kappa shape index (κ3) is 5.59. The van der Waals surface area contributed by atoms with Gasteiger partial charge in [0.05, 0.1) is 11.6 Å². The molecule has 1 aromatic rings. The SMILES string of the molecule is CCCC(C)(O)CNC(=O)C(N)Cc1ccc(O)cc1. The summed E-state index contributed by atoms with van der Waals surface area (Å²) in [5.74, 6) is -0.100. The summed E-state index contributed by atoms with van der Waals surface area (Å²) in [6, 6.07) is 5.92. The summed E-state index contributed by atoms with van der Waals surface area (Å²) in [6.45, 7) is 3.87. The first kappa shape index (κ1) is 16.5. The van der Waals surface area contributed by atoms with Crippen LogP contribution in [0.2, 0.25) is 0 Å². The molecule has 0 spiro atoms. The number of benzene rings is 1. The molecule has 2 unspecified atom stereocenters. The number of carbonyl (C=O) groups excluding carboxylic acids is 1. The molecule has 0 aliphatic rings. The normalized spacial score (nSPS) is 15.4. The third-order valence-electron chi connectivity index (χ3n) is 3.16. The van der Waals surface area contributed by atoms with Gasteiger partial charge in [-0.15, -0.1) is 0 Å². The van der Waals surface area contributed by atoms with Crippen molar-refractivity contribution < 1.29 is 15.0 Å². The predicted octanol–water partition coefficient (Wildman–Crippen LogP) is 0.929. The molecule has 0 aliphatic heterocycles. The van der Waals surface area contributed by atoms with Crippen LogP contribution in [-0.2, 0) is 11.2 Å². The molecule has 0 saturated carbocycles. The minimum atomic E-state index is -0.900. The van der Waals surface area contributed by atoms with Crippen LogP contribution < -0.4 is 11.1 Å². The zero-order valence-electron chi connectivity index (χ0n) is 12.1. The molecule has 1 aromatic carbocycles. The maximum absolute atomic E-state index is 11.9. The largest absolute Gasteiger partial charge is 0.508 e. The molecule has 1 rings (SSSR count). The molecule has 1 amide bonds. The van der Waals surface area contributed by atoms with E-state index in [0.717, 1.165) is 12.0 Å². The van der Waals surface area contributed by atoms with Gasteiger partial charge in [-0.05, 0) is 37.5 Å². The van der Waals surface area contributed by atoms with Crippen molar-refractivity contribution in [2.45, 2.75) is 44.8 Å². The van der Waals surface area contributed by atoms with Crippen LogP contribution >= 0.6 is 0 Å². The van der Waals surface area contributed by atoms with Gasteiger partial charge in [0.25, 0.3) is 0 Å². The fourth-order valence-corrected chi connectivity index (χ4v) is 2.01. The van der Waals surface area contributed by atoms with E-state index in [1.54, 1.807) is 31.2 Å². The summed E-state index contributed by atoms with van der Waals surface area (Å²) in [7, 11) is 0. The second-order valence-corrected chi connectivity index (χ2v) is 5.44. The lowest BCUT2D eigenvalue weighted by Crippen LogP contribution is -2.47. The number of rotatable bonds is 7. The van der Waals surface area contributed by atoms with Crippen molar-refractivity contribution in [1.82, 2.24) is 5.32 Å². The van der Waals surface area contributed by atoms with E-state index in [4.69, 9.17) is 5.73 Å². The smallest absolute Gasteiger partial charge is 0.237 e. The quantitative estimate of drug-likeness (QED) is 0.597. The van der Waals surface area contributed by atoms with E-state index >= 15 is 0 Å². The van der Waals surface area contributed by atoms with Crippen LogP contribution in [0.4, 0.5) is 0 Å². The Bertz CT molecular complexity index is 429. The topological polar surface area (TPSA) is 95.6 Å². The van der Waals surface area contributed by atoms with Crippen LogP contribution in [0, 0.1) is 0 Å². The number of nitrogens with one attached hydrogen (secondary N) is 1. The second kappa shape index (κ2) is 7.26. The van der Waals surface area contributed by atoms with Crippen LogP contribution in [0.1, 0.15) is 32.3 Å². The second-order valence-electron chi connectivity index (χ2n) is 5.44. The lowest BCUT2D eigenvalue weighted by atomic mass is 10.0. The molecular weight excluding hydrogens is 256 g/mol. The highest BCUT2D eigenvalue weighted by atomic mass is 16.3. The number of aromatic hydroxyl groups is 1. The van der Waals surface area contributed by atoms with E-state index in [1.165, 1.54) is 0 Å². The van der Waals surface area contributed by atoms with E-state index < -0.39 is 11.6 Å². The number of nitrogens with two attached hydrogens (primary N) is 1. The Morgan fingerprint density at radius 1 is 1.40 bits per heavy atom. The van der Waals surface area contributed by atoms with Crippen molar-refractivity contribution in [2.24, 2.45) is 5.73 Å². The van der Waals surface area contributed by atoms with Gasteiger partial charge in [0, 0.05) is 6.54 Å². The van der Waals surface area contributed by atoms with Crippen LogP contribution in [0.15, 0.2) is 24.3 Å². The highest BCUT2D eigenvalue weighted by molar-refractivity contribution is 5.81. The van der Waals surface area contributed by atoms with E-state index in [-0.39, 0.29) is 18.2 Å². The molecule has 0 bridgehead atoms. The number of phenolic OH excluding ortho intramolecular Hbond substituents is 1. The number of aliphatic hydroxyl groups is 1. The minimum Gasteiger partial charge on any atom is -0.508 e. The van der Waals surface area contributed by atoms with Gasteiger partial charge < -0.3 is 21.3 Å². The molecule has 112 valence electrons. The van der Waals surface area contributed by atoms with Gasteiger partial charge in [-0.3, -0.25) is 4.79 Å². The Hall–Kier alpha value is -1.59. The van der Waals surface area contributed by atoms with E-state index in [0.29, 0.717) is 12.8 Å². The molecule has 20 heavy (non-hydrogen) atoms. The molecule has 5 nitrogen and oxygen atoms in total. The summed E-state index contributed by atoms with van der Waals surface area (Å²) in [5, 5.41) is 21.8. The third-order valence-corrected chi connectivity index (χ3v) is 3.16. The van der Waals surface area contributed by atoms with Gasteiger partial charge in [0.2, 0.25) is 5.91 Å². The maximum Gasteiger partial charge on any atom is 0.237 e. The Morgan fingerprint density at radius 2 is 2.00 bits per heavy atom. The highest BCUT2D eigenvalue weighted by Gasteiger charge is 2.22. The maximum atomic E-state index is 11.9. The standard InChI is InChI=1S/C15H24N2O3/c1-3-8-15(2,20)10-17-14(19)13(16)9-11-4-6-12(18)7-5-11/h4-7,13,18,20H,3,8-10,16H2,1-2H3,(H,17,19). The summed E-state index contributed by atoms with van der Waals surface area (Å²) in [6.07, 6.45) is 1.87. The fourth-order valence-electron chi connectivity index (χ4n) is 2.01. The zero-order valence-corrected chi connectivity index (χ0v) is 12.1. The molecule has 2 atom stereocenters. The zero-order chi connectivity index (χ0) is 15.2. The molecule has 0 radical (unpaired) electrons. The van der Waals surface area contributed by atoms with Gasteiger partial charge in [-0.1, -0.05) is 25.5 Å². The Balaban J connectivity index is 2.45. The van der Waals surface area contributed by atoms with Crippen molar-refractivity contribution in [1.29, 1.82) is 0 Å². The monoisotopic (exact) mass is 280 g/mol.